The van der Waals surface area contributed by atoms with Gasteiger partial charge in [-0.15, -0.1) is 11.3 Å². The van der Waals surface area contributed by atoms with Crippen LogP contribution in [-0.2, 0) is 6.54 Å². The van der Waals surface area contributed by atoms with Crippen molar-refractivity contribution in [3.8, 4) is 11.5 Å². The van der Waals surface area contributed by atoms with E-state index in [-0.39, 0.29) is 11.7 Å². The van der Waals surface area contributed by atoms with Crippen molar-refractivity contribution in [3.05, 3.63) is 43.0 Å². The number of ether oxygens (including phenoxy) is 1. The van der Waals surface area contributed by atoms with Gasteiger partial charge in [0, 0.05) is 13.6 Å². The van der Waals surface area contributed by atoms with Gasteiger partial charge in [-0.2, -0.15) is 0 Å². The molecule has 0 fully saturated rings. The number of carbonyl (C=O) groups is 1. The van der Waals surface area contributed by atoms with Gasteiger partial charge >= 0.3 is 0 Å². The molecule has 2 rings (SSSR count). The Hall–Kier alpha value is -1.05. The Morgan fingerprint density at radius 2 is 2.10 bits per heavy atom. The van der Waals surface area contributed by atoms with E-state index < -0.39 is 0 Å². The van der Waals surface area contributed by atoms with Gasteiger partial charge in [0.15, 0.2) is 11.5 Å². The highest BCUT2D eigenvalue weighted by atomic mass is 79.9. The first-order valence-electron chi connectivity index (χ1n) is 5.98. The predicted octanol–water partition coefficient (Wildman–Crippen LogP) is 4.26. The van der Waals surface area contributed by atoms with E-state index in [4.69, 9.17) is 4.74 Å². The van der Waals surface area contributed by atoms with Crippen molar-refractivity contribution < 1.29 is 14.6 Å². The van der Waals surface area contributed by atoms with Gasteiger partial charge in [-0.3, -0.25) is 4.79 Å². The van der Waals surface area contributed by atoms with E-state index in [1.807, 2.05) is 0 Å². The lowest BCUT2D eigenvalue weighted by atomic mass is 10.2. The highest BCUT2D eigenvalue weighted by molar-refractivity contribution is 9.12. The van der Waals surface area contributed by atoms with Gasteiger partial charge in [-0.25, -0.2) is 0 Å². The second-order valence-corrected chi connectivity index (χ2v) is 8.15. The molecule has 1 amide bonds. The number of phenolic OH excluding ortho intramolecular Hbond substituents is 1. The number of carbonyl (C=O) groups excluding carboxylic acids is 1. The highest BCUT2D eigenvalue weighted by Gasteiger charge is 2.18. The van der Waals surface area contributed by atoms with E-state index >= 15 is 0 Å². The zero-order chi connectivity index (χ0) is 15.6. The van der Waals surface area contributed by atoms with Crippen molar-refractivity contribution in [1.29, 1.82) is 0 Å². The molecule has 1 heterocycles. The van der Waals surface area contributed by atoms with Crippen molar-refractivity contribution in [2.75, 3.05) is 14.2 Å². The van der Waals surface area contributed by atoms with Crippen molar-refractivity contribution in [2.24, 2.45) is 0 Å². The summed E-state index contributed by atoms with van der Waals surface area (Å²) in [5.41, 5.74) is 1.51. The van der Waals surface area contributed by atoms with Gasteiger partial charge in [-0.1, -0.05) is 6.07 Å². The number of hydrogen-bond donors (Lipinski definition) is 1. The maximum absolute atomic E-state index is 12.4. The molecule has 0 aliphatic heterocycles. The van der Waals surface area contributed by atoms with E-state index in [0.29, 0.717) is 17.9 Å². The Morgan fingerprint density at radius 3 is 2.67 bits per heavy atom. The molecule has 7 heteroatoms. The molecule has 0 bridgehead atoms. The normalized spacial score (nSPS) is 10.5. The predicted molar refractivity (Wildman–Crippen MR) is 90.2 cm³/mol. The van der Waals surface area contributed by atoms with Crippen LogP contribution in [0.1, 0.15) is 15.9 Å². The number of rotatable bonds is 4. The number of hydrogen-bond acceptors (Lipinski definition) is 4. The smallest absolute Gasteiger partial charge is 0.255 e. The zero-order valence-corrected chi connectivity index (χ0v) is 15.4. The fourth-order valence-corrected chi connectivity index (χ4v) is 4.64. The number of nitrogens with zero attached hydrogens (tertiary/aromatic N) is 1. The average Bonchev–Trinajstić information content (AvgIpc) is 2.78. The van der Waals surface area contributed by atoms with E-state index in [2.05, 4.69) is 31.9 Å². The number of benzene rings is 1. The second kappa shape index (κ2) is 6.81. The van der Waals surface area contributed by atoms with Gasteiger partial charge in [0.2, 0.25) is 0 Å². The molecule has 0 saturated heterocycles. The Balaban J connectivity index is 2.16. The summed E-state index contributed by atoms with van der Waals surface area (Å²) >= 11 is 8.22. The SMILES string of the molecule is COc1cc(CN(C)C(=O)c2cc(Br)sc2Br)ccc1O. The molecule has 0 radical (unpaired) electrons. The molecule has 112 valence electrons. The summed E-state index contributed by atoms with van der Waals surface area (Å²) in [5.74, 6) is 0.406. The molecule has 21 heavy (non-hydrogen) atoms. The fourth-order valence-electron chi connectivity index (χ4n) is 1.86. The third-order valence-electron chi connectivity index (χ3n) is 2.90. The van der Waals surface area contributed by atoms with Crippen LogP contribution in [-0.4, -0.2) is 30.1 Å². The molecular weight excluding hydrogens is 422 g/mol. The topological polar surface area (TPSA) is 49.8 Å². The number of phenols is 1. The minimum atomic E-state index is -0.0733. The molecule has 0 unspecified atom stereocenters. The third kappa shape index (κ3) is 3.78. The highest BCUT2D eigenvalue weighted by Crippen LogP contribution is 2.33. The van der Waals surface area contributed by atoms with Gasteiger partial charge in [0.1, 0.15) is 0 Å². The summed E-state index contributed by atoms with van der Waals surface area (Å²) in [5, 5.41) is 9.58. The van der Waals surface area contributed by atoms with E-state index in [9.17, 15) is 9.90 Å². The fraction of sp³-hybridized carbons (Fsp3) is 0.214. The van der Waals surface area contributed by atoms with Crippen molar-refractivity contribution in [2.45, 2.75) is 6.54 Å². The van der Waals surface area contributed by atoms with Crippen molar-refractivity contribution in [3.63, 3.8) is 0 Å². The summed E-state index contributed by atoms with van der Waals surface area (Å²) < 4.78 is 6.77. The van der Waals surface area contributed by atoms with Crippen LogP contribution in [0.3, 0.4) is 0 Å². The van der Waals surface area contributed by atoms with Crippen LogP contribution < -0.4 is 4.74 Å². The molecule has 1 aromatic carbocycles. The number of halogens is 2. The third-order valence-corrected chi connectivity index (χ3v) is 5.24. The lowest BCUT2D eigenvalue weighted by Crippen LogP contribution is -2.26. The lowest BCUT2D eigenvalue weighted by Gasteiger charge is -2.17. The lowest BCUT2D eigenvalue weighted by molar-refractivity contribution is 0.0784. The average molecular weight is 435 g/mol. The van der Waals surface area contributed by atoms with Crippen LogP contribution in [0.5, 0.6) is 11.5 Å². The van der Waals surface area contributed by atoms with Crippen LogP contribution in [0.2, 0.25) is 0 Å². The maximum atomic E-state index is 12.4. The van der Waals surface area contributed by atoms with Gasteiger partial charge < -0.3 is 14.7 Å². The molecule has 0 saturated carbocycles. The van der Waals surface area contributed by atoms with E-state index in [1.54, 1.807) is 36.2 Å². The summed E-state index contributed by atoms with van der Waals surface area (Å²) in [6.07, 6.45) is 0. The van der Waals surface area contributed by atoms with E-state index in [1.165, 1.54) is 18.4 Å². The number of amides is 1. The first-order valence-corrected chi connectivity index (χ1v) is 8.38. The minimum absolute atomic E-state index is 0.0733. The van der Waals surface area contributed by atoms with Gasteiger partial charge in [0.05, 0.1) is 20.2 Å². The second-order valence-electron chi connectivity index (χ2n) is 4.41. The van der Waals surface area contributed by atoms with Gasteiger partial charge in [0.25, 0.3) is 5.91 Å². The van der Waals surface area contributed by atoms with Crippen LogP contribution in [0.25, 0.3) is 0 Å². The Bertz CT molecular complexity index is 672. The molecule has 0 spiro atoms. The number of methoxy groups -OCH3 is 1. The van der Waals surface area contributed by atoms with Crippen molar-refractivity contribution >= 4 is 49.1 Å². The molecule has 1 aromatic heterocycles. The Labute approximate surface area is 143 Å². The van der Waals surface area contributed by atoms with Crippen LogP contribution in [0, 0.1) is 0 Å². The molecule has 1 N–H and O–H groups in total. The first kappa shape index (κ1) is 16.3. The van der Waals surface area contributed by atoms with Crippen LogP contribution in [0.4, 0.5) is 0 Å². The summed E-state index contributed by atoms with van der Waals surface area (Å²) in [6.45, 7) is 0.426. The Morgan fingerprint density at radius 1 is 1.38 bits per heavy atom. The van der Waals surface area contributed by atoms with Crippen LogP contribution in [0.15, 0.2) is 31.8 Å². The molecule has 4 nitrogen and oxygen atoms in total. The zero-order valence-electron chi connectivity index (χ0n) is 11.4. The van der Waals surface area contributed by atoms with Crippen LogP contribution >= 0.6 is 43.2 Å². The molecule has 0 atom stereocenters. The molecule has 0 aliphatic carbocycles. The monoisotopic (exact) mass is 433 g/mol. The van der Waals surface area contributed by atoms with Crippen molar-refractivity contribution in [1.82, 2.24) is 4.90 Å². The quantitative estimate of drug-likeness (QED) is 0.781. The molecule has 2 aromatic rings. The largest absolute Gasteiger partial charge is 0.504 e. The summed E-state index contributed by atoms with van der Waals surface area (Å²) in [6, 6.07) is 6.84. The molecule has 0 aliphatic rings. The molecular formula is C14H13Br2NO3S. The minimum Gasteiger partial charge on any atom is -0.504 e. The Kier molecular flexibility index (Phi) is 5.29. The van der Waals surface area contributed by atoms with E-state index in [0.717, 1.165) is 13.1 Å². The first-order chi connectivity index (χ1) is 9.92. The van der Waals surface area contributed by atoms with Gasteiger partial charge in [-0.05, 0) is 55.6 Å². The summed E-state index contributed by atoms with van der Waals surface area (Å²) in [4.78, 5) is 14.0. The summed E-state index contributed by atoms with van der Waals surface area (Å²) in [7, 11) is 3.23. The number of aromatic hydroxyl groups is 1. The maximum Gasteiger partial charge on any atom is 0.255 e. The number of thiophene rings is 1. The standard InChI is InChI=1S/C14H13Br2NO3S/c1-17(14(19)9-6-12(15)21-13(9)16)7-8-3-4-10(18)11(5-8)20-2/h3-6,18H,7H2,1-2H3.